The Balaban J connectivity index is 1.43. The molecule has 1 fully saturated rings. The predicted molar refractivity (Wildman–Crippen MR) is 98.5 cm³/mol. The number of anilines is 2. The smallest absolute Gasteiger partial charge is 0.230 e. The molecule has 1 N–H and O–H groups in total. The van der Waals surface area contributed by atoms with Crippen LogP contribution in [0.4, 0.5) is 11.4 Å². The van der Waals surface area contributed by atoms with Gasteiger partial charge >= 0.3 is 0 Å². The maximum atomic E-state index is 12.9. The number of aryl methyl sites for hydroxylation is 1. The summed E-state index contributed by atoms with van der Waals surface area (Å²) in [5.41, 5.74) is 3.27. The van der Waals surface area contributed by atoms with E-state index in [0.717, 1.165) is 18.5 Å². The summed E-state index contributed by atoms with van der Waals surface area (Å²) in [5, 5.41) is 11.8. The van der Waals surface area contributed by atoms with Crippen molar-refractivity contribution in [1.29, 1.82) is 5.26 Å². The number of nitrogens with one attached hydrogen (secondary N) is 1. The van der Waals surface area contributed by atoms with E-state index in [4.69, 9.17) is 5.26 Å². The molecular weight excluding hydrogens is 326 g/mol. The standard InChI is InChI=1S/C21H19N3O2/c22-13-14-5-3-8-16(11-14)23-20(25)17-12-18(17)21(26)24-10-4-7-15-6-1-2-9-19(15)24/h1-3,5-6,8-9,11,17-18H,4,7,10,12H2,(H,23,25). The van der Waals surface area contributed by atoms with Gasteiger partial charge in [0.2, 0.25) is 11.8 Å². The van der Waals surface area contributed by atoms with Crippen molar-refractivity contribution in [2.24, 2.45) is 11.8 Å². The fourth-order valence-corrected chi connectivity index (χ4v) is 3.62. The second kappa shape index (κ2) is 6.64. The van der Waals surface area contributed by atoms with Crippen molar-refractivity contribution in [3.8, 4) is 6.07 Å². The van der Waals surface area contributed by atoms with Crippen LogP contribution in [0.5, 0.6) is 0 Å². The molecule has 2 atom stereocenters. The Morgan fingerprint density at radius 3 is 2.81 bits per heavy atom. The molecule has 5 heteroatoms. The van der Waals surface area contributed by atoms with Crippen LogP contribution in [-0.2, 0) is 16.0 Å². The number of hydrogen-bond acceptors (Lipinski definition) is 3. The first-order valence-electron chi connectivity index (χ1n) is 8.87. The van der Waals surface area contributed by atoms with E-state index in [1.807, 2.05) is 23.1 Å². The molecule has 5 nitrogen and oxygen atoms in total. The van der Waals surface area contributed by atoms with Crippen LogP contribution in [0.1, 0.15) is 24.0 Å². The van der Waals surface area contributed by atoms with Gasteiger partial charge in [0.1, 0.15) is 0 Å². The minimum absolute atomic E-state index is 0.0445. The van der Waals surface area contributed by atoms with Crippen molar-refractivity contribution in [3.63, 3.8) is 0 Å². The number of nitriles is 1. The molecule has 0 bridgehead atoms. The number of carbonyl (C=O) groups is 2. The molecule has 2 unspecified atom stereocenters. The summed E-state index contributed by atoms with van der Waals surface area (Å²) in [4.78, 5) is 27.2. The average molecular weight is 345 g/mol. The molecule has 2 aromatic carbocycles. The van der Waals surface area contributed by atoms with Crippen LogP contribution in [-0.4, -0.2) is 18.4 Å². The van der Waals surface area contributed by atoms with Gasteiger partial charge in [-0.3, -0.25) is 9.59 Å². The summed E-state index contributed by atoms with van der Waals surface area (Å²) >= 11 is 0. The monoisotopic (exact) mass is 345 g/mol. The van der Waals surface area contributed by atoms with E-state index in [2.05, 4.69) is 17.5 Å². The number of rotatable bonds is 3. The lowest BCUT2D eigenvalue weighted by molar-refractivity contribution is -0.123. The van der Waals surface area contributed by atoms with Gasteiger partial charge in [0.15, 0.2) is 0 Å². The zero-order valence-electron chi connectivity index (χ0n) is 14.3. The number of amides is 2. The Morgan fingerprint density at radius 1 is 1.12 bits per heavy atom. The van der Waals surface area contributed by atoms with Crippen LogP contribution in [0.25, 0.3) is 0 Å². The van der Waals surface area contributed by atoms with Crippen molar-refractivity contribution in [3.05, 3.63) is 59.7 Å². The molecule has 1 aliphatic carbocycles. The van der Waals surface area contributed by atoms with Crippen molar-refractivity contribution in [1.82, 2.24) is 0 Å². The van der Waals surface area contributed by atoms with E-state index in [-0.39, 0.29) is 23.7 Å². The van der Waals surface area contributed by atoms with Gasteiger partial charge in [-0.2, -0.15) is 5.26 Å². The quantitative estimate of drug-likeness (QED) is 0.929. The van der Waals surface area contributed by atoms with Crippen molar-refractivity contribution >= 4 is 23.2 Å². The molecule has 0 aromatic heterocycles. The van der Waals surface area contributed by atoms with Crippen LogP contribution in [0, 0.1) is 23.2 Å². The average Bonchev–Trinajstić information content (AvgIpc) is 3.48. The Morgan fingerprint density at radius 2 is 1.96 bits per heavy atom. The van der Waals surface area contributed by atoms with E-state index in [9.17, 15) is 9.59 Å². The minimum atomic E-state index is -0.290. The van der Waals surface area contributed by atoms with Gasteiger partial charge in [0, 0.05) is 17.9 Å². The Labute approximate surface area is 152 Å². The number of nitrogens with zero attached hydrogens (tertiary/aromatic N) is 2. The molecule has 26 heavy (non-hydrogen) atoms. The Bertz CT molecular complexity index is 915. The highest BCUT2D eigenvalue weighted by molar-refractivity contribution is 6.04. The summed E-state index contributed by atoms with van der Waals surface area (Å²) in [6.45, 7) is 0.713. The van der Waals surface area contributed by atoms with E-state index in [1.54, 1.807) is 24.3 Å². The van der Waals surface area contributed by atoms with E-state index < -0.39 is 0 Å². The number of benzene rings is 2. The van der Waals surface area contributed by atoms with Gasteiger partial charge in [-0.15, -0.1) is 0 Å². The Kier molecular flexibility index (Phi) is 4.18. The fourth-order valence-electron chi connectivity index (χ4n) is 3.62. The minimum Gasteiger partial charge on any atom is -0.326 e. The van der Waals surface area contributed by atoms with Crippen molar-refractivity contribution < 1.29 is 9.59 Å². The maximum Gasteiger partial charge on any atom is 0.230 e. The topological polar surface area (TPSA) is 73.2 Å². The van der Waals surface area contributed by atoms with Crippen LogP contribution in [0.3, 0.4) is 0 Å². The highest BCUT2D eigenvalue weighted by Crippen LogP contribution is 2.42. The van der Waals surface area contributed by atoms with E-state index in [1.165, 1.54) is 5.56 Å². The largest absolute Gasteiger partial charge is 0.326 e. The van der Waals surface area contributed by atoms with Gasteiger partial charge in [-0.1, -0.05) is 24.3 Å². The summed E-state index contributed by atoms with van der Waals surface area (Å²) < 4.78 is 0. The number of hydrogen-bond donors (Lipinski definition) is 1. The normalized spacial score (nSPS) is 20.7. The zero-order chi connectivity index (χ0) is 18.1. The highest BCUT2D eigenvalue weighted by atomic mass is 16.2. The third-order valence-corrected chi connectivity index (χ3v) is 5.08. The van der Waals surface area contributed by atoms with Gasteiger partial charge < -0.3 is 10.2 Å². The molecular formula is C21H19N3O2. The molecule has 1 aliphatic heterocycles. The molecule has 2 aromatic rings. The van der Waals surface area contributed by atoms with Crippen LogP contribution in [0.2, 0.25) is 0 Å². The molecule has 130 valence electrons. The third-order valence-electron chi connectivity index (χ3n) is 5.08. The fraction of sp³-hybridized carbons (Fsp3) is 0.286. The molecule has 1 heterocycles. The van der Waals surface area contributed by atoms with Gasteiger partial charge in [-0.25, -0.2) is 0 Å². The molecule has 4 rings (SSSR count). The lowest BCUT2D eigenvalue weighted by Crippen LogP contribution is -2.37. The molecule has 2 aliphatic rings. The first-order chi connectivity index (χ1) is 12.7. The van der Waals surface area contributed by atoms with Gasteiger partial charge in [0.25, 0.3) is 0 Å². The van der Waals surface area contributed by atoms with Crippen LogP contribution >= 0.6 is 0 Å². The molecule has 2 amide bonds. The SMILES string of the molecule is N#Cc1cccc(NC(=O)C2CC2C(=O)N2CCCc3ccccc32)c1. The summed E-state index contributed by atoms with van der Waals surface area (Å²) in [7, 11) is 0. The number of fused-ring (bicyclic) bond motifs is 1. The van der Waals surface area contributed by atoms with Crippen LogP contribution < -0.4 is 10.2 Å². The predicted octanol–water partition coefficient (Wildman–Crippen LogP) is 3.11. The second-order valence-corrected chi connectivity index (χ2v) is 6.85. The first-order valence-corrected chi connectivity index (χ1v) is 8.87. The van der Waals surface area contributed by atoms with Crippen molar-refractivity contribution in [2.45, 2.75) is 19.3 Å². The highest BCUT2D eigenvalue weighted by Gasteiger charge is 2.50. The summed E-state index contributed by atoms with van der Waals surface area (Å²) in [6.07, 6.45) is 2.53. The number of para-hydroxylation sites is 1. The van der Waals surface area contributed by atoms with Gasteiger partial charge in [0.05, 0.1) is 23.5 Å². The lowest BCUT2D eigenvalue weighted by Gasteiger charge is -2.29. The molecule has 0 radical (unpaired) electrons. The van der Waals surface area contributed by atoms with Crippen molar-refractivity contribution in [2.75, 3.05) is 16.8 Å². The van der Waals surface area contributed by atoms with E-state index >= 15 is 0 Å². The van der Waals surface area contributed by atoms with E-state index in [0.29, 0.717) is 24.2 Å². The number of carbonyl (C=O) groups excluding carboxylic acids is 2. The lowest BCUT2D eigenvalue weighted by atomic mass is 10.0. The summed E-state index contributed by atoms with van der Waals surface area (Å²) in [6, 6.07) is 16.8. The second-order valence-electron chi connectivity index (χ2n) is 6.85. The van der Waals surface area contributed by atoms with Crippen LogP contribution in [0.15, 0.2) is 48.5 Å². The third kappa shape index (κ3) is 3.06. The Hall–Kier alpha value is -3.13. The molecule has 0 saturated heterocycles. The summed E-state index contributed by atoms with van der Waals surface area (Å²) in [5.74, 6) is -0.644. The maximum absolute atomic E-state index is 12.9. The molecule has 1 saturated carbocycles. The molecule has 0 spiro atoms. The van der Waals surface area contributed by atoms with Gasteiger partial charge in [-0.05, 0) is 49.1 Å². The first kappa shape index (κ1) is 16.3. The zero-order valence-corrected chi connectivity index (χ0v) is 14.3.